The van der Waals surface area contributed by atoms with Gasteiger partial charge in [-0.3, -0.25) is 4.79 Å². The summed E-state index contributed by atoms with van der Waals surface area (Å²) in [4.78, 5) is 19.9. The van der Waals surface area contributed by atoms with Gasteiger partial charge in [-0.15, -0.1) is 0 Å². The highest BCUT2D eigenvalue weighted by Crippen LogP contribution is 2.45. The first-order chi connectivity index (χ1) is 11.9. The molecule has 1 aliphatic carbocycles. The largest absolute Gasteiger partial charge is 0.355 e. The van der Waals surface area contributed by atoms with E-state index in [2.05, 4.69) is 20.6 Å². The molecule has 1 saturated carbocycles. The van der Waals surface area contributed by atoms with Gasteiger partial charge in [-0.05, 0) is 18.4 Å². The van der Waals surface area contributed by atoms with E-state index in [1.165, 1.54) is 19.4 Å². The normalized spacial score (nSPS) is 18.4. The van der Waals surface area contributed by atoms with Crippen LogP contribution in [-0.2, 0) is 5.54 Å². The summed E-state index contributed by atoms with van der Waals surface area (Å²) in [5.41, 5.74) is 0.638. The zero-order valence-corrected chi connectivity index (χ0v) is 13.9. The number of carbonyl (C=O) groups is 1. The molecule has 1 heterocycles. The van der Waals surface area contributed by atoms with Crippen LogP contribution >= 0.6 is 0 Å². The molecule has 1 aromatic heterocycles. The number of aromatic nitrogens is 2. The molecule has 7 heteroatoms. The van der Waals surface area contributed by atoms with E-state index in [-0.39, 0.29) is 31.6 Å². The minimum absolute atomic E-state index is 0.189. The average Bonchev–Trinajstić information content (AvgIpc) is 2.64. The Kier molecular flexibility index (Phi) is 4.65. The molecular formula is C18H20F2N4O. The van der Waals surface area contributed by atoms with E-state index in [1.54, 1.807) is 0 Å². The molecule has 0 spiro atoms. The van der Waals surface area contributed by atoms with Crippen LogP contribution in [0.2, 0.25) is 0 Å². The first kappa shape index (κ1) is 17.3. The first-order valence-electron chi connectivity index (χ1n) is 8.20. The second-order valence-corrected chi connectivity index (χ2v) is 6.30. The van der Waals surface area contributed by atoms with Crippen LogP contribution in [0.3, 0.4) is 0 Å². The van der Waals surface area contributed by atoms with Crippen molar-refractivity contribution < 1.29 is 13.6 Å². The Labute approximate surface area is 144 Å². The highest BCUT2D eigenvalue weighted by molar-refractivity contribution is 5.93. The molecule has 3 rings (SSSR count). The number of carbonyl (C=O) groups excluding carboxylic acids is 1. The molecule has 132 valence electrons. The molecule has 0 bridgehead atoms. The number of amides is 1. The van der Waals surface area contributed by atoms with Crippen LogP contribution in [0.15, 0.2) is 42.7 Å². The van der Waals surface area contributed by atoms with Crippen LogP contribution in [0, 0.1) is 0 Å². The van der Waals surface area contributed by atoms with Crippen molar-refractivity contribution in [3.8, 4) is 0 Å². The Hall–Kier alpha value is -2.57. The number of hydrogen-bond acceptors (Lipinski definition) is 4. The summed E-state index contributed by atoms with van der Waals surface area (Å²) < 4.78 is 27.4. The van der Waals surface area contributed by atoms with Crippen molar-refractivity contribution in [2.75, 3.05) is 12.4 Å². The number of halogens is 2. The quantitative estimate of drug-likeness (QED) is 0.891. The van der Waals surface area contributed by atoms with Gasteiger partial charge in [-0.1, -0.05) is 30.3 Å². The molecule has 0 saturated heterocycles. The third kappa shape index (κ3) is 3.75. The highest BCUT2D eigenvalue weighted by Gasteiger charge is 2.44. The average molecular weight is 346 g/mol. The number of rotatable bonds is 4. The lowest BCUT2D eigenvalue weighted by Gasteiger charge is -2.41. The van der Waals surface area contributed by atoms with Gasteiger partial charge in [0.25, 0.3) is 5.91 Å². The van der Waals surface area contributed by atoms with Crippen LogP contribution in [0.25, 0.3) is 0 Å². The minimum atomic E-state index is -2.64. The fraction of sp³-hybridized carbons (Fsp3) is 0.389. The van der Waals surface area contributed by atoms with Crippen molar-refractivity contribution in [2.24, 2.45) is 0 Å². The van der Waals surface area contributed by atoms with Gasteiger partial charge in [0.2, 0.25) is 11.9 Å². The van der Waals surface area contributed by atoms with Crippen LogP contribution < -0.4 is 10.6 Å². The number of nitrogens with one attached hydrogen (secondary N) is 2. The third-order valence-corrected chi connectivity index (χ3v) is 4.65. The van der Waals surface area contributed by atoms with Crippen molar-refractivity contribution in [1.82, 2.24) is 15.3 Å². The summed E-state index contributed by atoms with van der Waals surface area (Å²) in [6.45, 7) is 0. The molecule has 0 unspecified atom stereocenters. The Morgan fingerprint density at radius 1 is 1.04 bits per heavy atom. The molecule has 25 heavy (non-hydrogen) atoms. The van der Waals surface area contributed by atoms with Crippen molar-refractivity contribution in [1.29, 1.82) is 0 Å². The molecule has 2 N–H and O–H groups in total. The smallest absolute Gasteiger partial charge is 0.254 e. The molecule has 1 amide bonds. The van der Waals surface area contributed by atoms with Crippen LogP contribution in [0.4, 0.5) is 14.7 Å². The maximum Gasteiger partial charge on any atom is 0.254 e. The van der Waals surface area contributed by atoms with Gasteiger partial charge in [0.15, 0.2) is 0 Å². The summed E-state index contributed by atoms with van der Waals surface area (Å²) in [5, 5.41) is 5.75. The highest BCUT2D eigenvalue weighted by atomic mass is 19.3. The summed E-state index contributed by atoms with van der Waals surface area (Å²) in [5.74, 6) is -2.59. The van der Waals surface area contributed by atoms with Gasteiger partial charge in [-0.2, -0.15) is 0 Å². The SMILES string of the molecule is CNC(=O)c1cnc(NC2(c3ccccc3)CCC(F)(F)CC2)nc1. The molecule has 5 nitrogen and oxygen atoms in total. The topological polar surface area (TPSA) is 66.9 Å². The number of alkyl halides is 2. The summed E-state index contributed by atoms with van der Waals surface area (Å²) in [7, 11) is 1.53. The zero-order valence-electron chi connectivity index (χ0n) is 13.9. The lowest BCUT2D eigenvalue weighted by molar-refractivity contribution is -0.0486. The molecule has 1 aliphatic rings. The minimum Gasteiger partial charge on any atom is -0.355 e. The molecule has 2 aromatic rings. The predicted octanol–water partition coefficient (Wildman–Crippen LogP) is 3.35. The fourth-order valence-electron chi connectivity index (χ4n) is 3.15. The van der Waals surface area contributed by atoms with Crippen LogP contribution in [-0.4, -0.2) is 28.8 Å². The summed E-state index contributed by atoms with van der Waals surface area (Å²) in [6, 6.07) is 9.52. The number of hydrogen-bond donors (Lipinski definition) is 2. The van der Waals surface area contributed by atoms with Crippen LogP contribution in [0.1, 0.15) is 41.6 Å². The number of nitrogens with zero attached hydrogens (tertiary/aromatic N) is 2. The maximum atomic E-state index is 13.7. The third-order valence-electron chi connectivity index (χ3n) is 4.65. The lowest BCUT2D eigenvalue weighted by Crippen LogP contribution is -2.43. The molecule has 1 fully saturated rings. The molecular weight excluding hydrogens is 326 g/mol. The van der Waals surface area contributed by atoms with Gasteiger partial charge < -0.3 is 10.6 Å². The van der Waals surface area contributed by atoms with Crippen molar-refractivity contribution in [3.63, 3.8) is 0 Å². The Balaban J connectivity index is 1.87. The maximum absolute atomic E-state index is 13.7. The molecule has 1 aromatic carbocycles. The number of anilines is 1. The molecule has 0 aliphatic heterocycles. The molecule has 0 radical (unpaired) electrons. The Bertz CT molecular complexity index is 725. The predicted molar refractivity (Wildman–Crippen MR) is 90.6 cm³/mol. The Morgan fingerprint density at radius 3 is 2.20 bits per heavy atom. The zero-order chi connectivity index (χ0) is 17.9. The Morgan fingerprint density at radius 2 is 1.64 bits per heavy atom. The van der Waals surface area contributed by atoms with Gasteiger partial charge in [-0.25, -0.2) is 18.7 Å². The monoisotopic (exact) mass is 346 g/mol. The van der Waals surface area contributed by atoms with Crippen molar-refractivity contribution in [2.45, 2.75) is 37.1 Å². The summed E-state index contributed by atoms with van der Waals surface area (Å²) in [6.07, 6.45) is 3.03. The number of benzene rings is 1. The van der Waals surface area contributed by atoms with Gasteiger partial charge in [0.1, 0.15) is 0 Å². The summed E-state index contributed by atoms with van der Waals surface area (Å²) >= 11 is 0. The standard InChI is InChI=1S/C18H20F2N4O/c1-21-15(25)13-11-22-16(23-12-13)24-17(14-5-3-2-4-6-14)7-9-18(19,20)10-8-17/h2-6,11-12H,7-10H2,1H3,(H,21,25)(H,22,23,24). The lowest BCUT2D eigenvalue weighted by atomic mass is 9.75. The molecule has 0 atom stereocenters. The van der Waals surface area contributed by atoms with E-state index < -0.39 is 11.5 Å². The van der Waals surface area contributed by atoms with E-state index in [1.807, 2.05) is 30.3 Å². The fourth-order valence-corrected chi connectivity index (χ4v) is 3.15. The second kappa shape index (κ2) is 6.74. The van der Waals surface area contributed by atoms with Gasteiger partial charge in [0.05, 0.1) is 11.1 Å². The van der Waals surface area contributed by atoms with E-state index >= 15 is 0 Å². The van der Waals surface area contributed by atoms with Gasteiger partial charge >= 0.3 is 0 Å². The van der Waals surface area contributed by atoms with Crippen molar-refractivity contribution in [3.05, 3.63) is 53.9 Å². The van der Waals surface area contributed by atoms with E-state index in [0.29, 0.717) is 11.5 Å². The van der Waals surface area contributed by atoms with E-state index in [4.69, 9.17) is 0 Å². The second-order valence-electron chi connectivity index (χ2n) is 6.30. The van der Waals surface area contributed by atoms with Crippen molar-refractivity contribution >= 4 is 11.9 Å². The van der Waals surface area contributed by atoms with E-state index in [0.717, 1.165) is 5.56 Å². The first-order valence-corrected chi connectivity index (χ1v) is 8.20. The van der Waals surface area contributed by atoms with Crippen LogP contribution in [0.5, 0.6) is 0 Å². The van der Waals surface area contributed by atoms with Gasteiger partial charge in [0, 0.05) is 32.3 Å². The van der Waals surface area contributed by atoms with E-state index in [9.17, 15) is 13.6 Å².